The largest absolute Gasteiger partial charge is 0.388 e. The molecule has 1 saturated heterocycles. The Bertz CT molecular complexity index is 906. The third-order valence-electron chi connectivity index (χ3n) is 5.24. The lowest BCUT2D eigenvalue weighted by molar-refractivity contribution is -0.894. The van der Waals surface area contributed by atoms with E-state index in [4.69, 9.17) is 15.0 Å². The number of hydrogen-bond donors (Lipinski definition) is 4. The van der Waals surface area contributed by atoms with Crippen LogP contribution in [0.1, 0.15) is 46.8 Å². The Kier molecular flexibility index (Phi) is 6.16. The molecule has 0 saturated carbocycles. The number of aliphatic hydroxyl groups excluding tert-OH is 2. The molecule has 6 atom stereocenters. The van der Waals surface area contributed by atoms with Gasteiger partial charge in [-0.3, -0.25) is 9.13 Å². The summed E-state index contributed by atoms with van der Waals surface area (Å²) in [6, 6.07) is 0. The zero-order valence-electron chi connectivity index (χ0n) is 16.9. The quantitative estimate of drug-likeness (QED) is 0.281. The van der Waals surface area contributed by atoms with Crippen LogP contribution in [0.25, 0.3) is 11.2 Å². The van der Waals surface area contributed by atoms with Gasteiger partial charge in [-0.1, -0.05) is 23.6 Å². The van der Waals surface area contributed by atoms with Crippen molar-refractivity contribution in [1.29, 1.82) is 0 Å². The van der Waals surface area contributed by atoms with Crippen molar-refractivity contribution in [3.8, 4) is 0 Å². The highest BCUT2D eigenvalue weighted by Gasteiger charge is 2.47. The molecule has 0 amide bonds. The van der Waals surface area contributed by atoms with E-state index in [1.54, 1.807) is 13.8 Å². The molecule has 2 aromatic heterocycles. The van der Waals surface area contributed by atoms with Gasteiger partial charge in [0.2, 0.25) is 11.2 Å². The van der Waals surface area contributed by atoms with Crippen molar-refractivity contribution >= 4 is 25.0 Å². The standard InChI is InChI=1S/C17H28N5O6P/c1-5-9(2)29(26)28-17(3,4)6-10-12(23)13(24)16(27-10)21-7-19-11-14(18)22(25)8-20-15(11)21/h7-10,12-13,16,18,23-25,29H,5-6H2,1-4H3/p+1/t9-,10-,12?,13-,16?/m1/s1. The number of nitrogens with two attached hydrogens (primary N) is 1. The number of aliphatic hydroxyl groups is 2. The molecular formula is C17H29N5O6P+. The zero-order valence-corrected chi connectivity index (χ0v) is 17.9. The molecule has 0 spiro atoms. The minimum atomic E-state index is -2.25. The fraction of sp³-hybridized carbons (Fsp3) is 0.706. The minimum Gasteiger partial charge on any atom is -0.388 e. The van der Waals surface area contributed by atoms with Gasteiger partial charge in [0.05, 0.1) is 11.7 Å². The molecular weight excluding hydrogens is 401 g/mol. The molecule has 1 fully saturated rings. The molecule has 5 N–H and O–H groups in total. The van der Waals surface area contributed by atoms with Gasteiger partial charge < -0.3 is 30.4 Å². The number of nitrogen functional groups attached to an aromatic ring is 1. The van der Waals surface area contributed by atoms with Gasteiger partial charge in [0.25, 0.3) is 12.1 Å². The number of fused-ring (bicyclic) bond motifs is 1. The van der Waals surface area contributed by atoms with Crippen molar-refractivity contribution in [2.45, 2.75) is 76.3 Å². The number of aromatic nitrogens is 4. The highest BCUT2D eigenvalue weighted by atomic mass is 31.1. The van der Waals surface area contributed by atoms with Crippen molar-refractivity contribution in [1.82, 2.24) is 14.5 Å². The average molecular weight is 430 g/mol. The van der Waals surface area contributed by atoms with E-state index in [9.17, 15) is 20.0 Å². The summed E-state index contributed by atoms with van der Waals surface area (Å²) in [5, 5.41) is 30.7. The first-order chi connectivity index (χ1) is 13.6. The van der Waals surface area contributed by atoms with Gasteiger partial charge in [0, 0.05) is 12.1 Å². The molecule has 11 nitrogen and oxygen atoms in total. The molecule has 3 heterocycles. The summed E-state index contributed by atoms with van der Waals surface area (Å²) >= 11 is 0. The summed E-state index contributed by atoms with van der Waals surface area (Å²) in [4.78, 5) is 8.18. The maximum atomic E-state index is 12.3. The maximum Gasteiger partial charge on any atom is 0.289 e. The molecule has 1 aliphatic heterocycles. The lowest BCUT2D eigenvalue weighted by atomic mass is 9.97. The van der Waals surface area contributed by atoms with Crippen molar-refractivity contribution in [3.05, 3.63) is 12.7 Å². The molecule has 2 aromatic rings. The average Bonchev–Trinajstić information content (AvgIpc) is 3.20. The van der Waals surface area contributed by atoms with Crippen LogP contribution in [-0.4, -0.2) is 59.5 Å². The van der Waals surface area contributed by atoms with E-state index >= 15 is 0 Å². The summed E-state index contributed by atoms with van der Waals surface area (Å²) in [5.74, 6) is -0.0111. The van der Waals surface area contributed by atoms with Gasteiger partial charge in [0.1, 0.15) is 18.5 Å². The van der Waals surface area contributed by atoms with Crippen molar-refractivity contribution < 1.29 is 34.0 Å². The highest BCUT2D eigenvalue weighted by Crippen LogP contribution is 2.41. The van der Waals surface area contributed by atoms with Crippen molar-refractivity contribution in [2.24, 2.45) is 0 Å². The van der Waals surface area contributed by atoms with Gasteiger partial charge in [-0.15, -0.1) is 0 Å². The second kappa shape index (κ2) is 8.16. The van der Waals surface area contributed by atoms with Gasteiger partial charge in [-0.25, -0.2) is 4.98 Å². The van der Waals surface area contributed by atoms with Crippen LogP contribution in [0.5, 0.6) is 0 Å². The first kappa shape index (κ1) is 21.9. The topological polar surface area (TPSA) is 157 Å². The molecule has 0 radical (unpaired) electrons. The van der Waals surface area contributed by atoms with Crippen LogP contribution in [0.3, 0.4) is 0 Å². The zero-order chi connectivity index (χ0) is 21.5. The number of imidazole rings is 1. The van der Waals surface area contributed by atoms with Gasteiger partial charge in [-0.05, 0) is 20.3 Å². The van der Waals surface area contributed by atoms with E-state index in [1.807, 2.05) is 13.8 Å². The van der Waals surface area contributed by atoms with E-state index in [2.05, 4.69) is 9.97 Å². The van der Waals surface area contributed by atoms with Crippen LogP contribution in [0.15, 0.2) is 12.7 Å². The molecule has 0 aliphatic carbocycles. The Hall–Kier alpha value is -1.78. The SMILES string of the molecule is CC[C@@H](C)[PH](=O)OC(C)(C)C[C@H]1OC(n2cnc3c(N)[n+](O)cnc32)[C@H](O)C1O. The van der Waals surface area contributed by atoms with E-state index < -0.39 is 38.2 Å². The highest BCUT2D eigenvalue weighted by molar-refractivity contribution is 7.40. The summed E-state index contributed by atoms with van der Waals surface area (Å²) in [6.45, 7) is 7.38. The second-order valence-corrected chi connectivity index (χ2v) is 9.87. The Labute approximate surface area is 168 Å². The Morgan fingerprint density at radius 1 is 1.41 bits per heavy atom. The predicted molar refractivity (Wildman–Crippen MR) is 104 cm³/mol. The second-order valence-electron chi connectivity index (χ2n) is 8.04. The van der Waals surface area contributed by atoms with Gasteiger partial charge >= 0.3 is 0 Å². The molecule has 3 unspecified atom stereocenters. The van der Waals surface area contributed by atoms with E-state index in [1.165, 1.54) is 10.9 Å². The van der Waals surface area contributed by atoms with Crippen LogP contribution in [0.2, 0.25) is 0 Å². The molecule has 12 heteroatoms. The maximum absolute atomic E-state index is 12.3. The smallest absolute Gasteiger partial charge is 0.289 e. The lowest BCUT2D eigenvalue weighted by Crippen LogP contribution is -2.37. The van der Waals surface area contributed by atoms with E-state index in [0.717, 1.165) is 12.7 Å². The van der Waals surface area contributed by atoms with Gasteiger partial charge in [-0.2, -0.15) is 0 Å². The third-order valence-corrected chi connectivity index (χ3v) is 7.21. The summed E-state index contributed by atoms with van der Waals surface area (Å²) in [6.07, 6.45) is -0.682. The van der Waals surface area contributed by atoms with Crippen LogP contribution in [0.4, 0.5) is 5.82 Å². The molecule has 0 bridgehead atoms. The first-order valence-corrected chi connectivity index (χ1v) is 10.9. The summed E-state index contributed by atoms with van der Waals surface area (Å²) in [7, 11) is -2.25. The van der Waals surface area contributed by atoms with Crippen molar-refractivity contribution in [3.63, 3.8) is 0 Å². The molecule has 0 aromatic carbocycles. The summed E-state index contributed by atoms with van der Waals surface area (Å²) in [5.41, 5.74) is 5.45. The van der Waals surface area contributed by atoms with Crippen LogP contribution >= 0.6 is 8.03 Å². The molecule has 1 aliphatic rings. The normalized spacial score (nSPS) is 27.4. The number of rotatable bonds is 7. The third kappa shape index (κ3) is 4.24. The van der Waals surface area contributed by atoms with E-state index in [-0.39, 0.29) is 23.4 Å². The lowest BCUT2D eigenvalue weighted by Gasteiger charge is -2.30. The van der Waals surface area contributed by atoms with Crippen LogP contribution in [0, 0.1) is 0 Å². The number of nitrogens with zero attached hydrogens (tertiary/aromatic N) is 4. The predicted octanol–water partition coefficient (Wildman–Crippen LogP) is 0.616. The molecule has 29 heavy (non-hydrogen) atoms. The fourth-order valence-electron chi connectivity index (χ4n) is 3.32. The number of ether oxygens (including phenoxy) is 1. The molecule has 3 rings (SSSR count). The molecule has 162 valence electrons. The number of anilines is 1. The minimum absolute atomic E-state index is 0.0111. The Morgan fingerprint density at radius 3 is 2.76 bits per heavy atom. The van der Waals surface area contributed by atoms with Crippen LogP contribution < -0.4 is 10.5 Å². The van der Waals surface area contributed by atoms with Crippen molar-refractivity contribution in [2.75, 3.05) is 5.73 Å². The summed E-state index contributed by atoms with van der Waals surface area (Å²) < 4.78 is 26.1. The fourth-order valence-corrected chi connectivity index (χ4v) is 4.49. The number of hydrogen-bond acceptors (Lipinski definition) is 9. The monoisotopic (exact) mass is 430 g/mol. The van der Waals surface area contributed by atoms with Gasteiger partial charge in [0.15, 0.2) is 14.3 Å². The van der Waals surface area contributed by atoms with E-state index in [0.29, 0.717) is 10.4 Å². The Balaban J connectivity index is 1.79. The Morgan fingerprint density at radius 2 is 2.10 bits per heavy atom. The first-order valence-electron chi connectivity index (χ1n) is 9.52. The van der Waals surface area contributed by atoms with Crippen LogP contribution in [-0.2, 0) is 13.8 Å².